The lowest BCUT2D eigenvalue weighted by atomic mass is 10.1. The molecular formula is C19H21NO2S. The van der Waals surface area contributed by atoms with Gasteiger partial charge in [0, 0.05) is 32.2 Å². The maximum atomic E-state index is 12.5. The molecule has 0 heterocycles. The molecule has 0 radical (unpaired) electrons. The molecule has 0 unspecified atom stereocenters. The number of carbonyl (C=O) groups excluding carboxylic acids is 2. The molecule has 0 aliphatic carbocycles. The van der Waals surface area contributed by atoms with E-state index < -0.39 is 0 Å². The fraction of sp³-hybridized carbons (Fsp3) is 0.263. The molecule has 0 bridgehead atoms. The molecule has 3 nitrogen and oxygen atoms in total. The van der Waals surface area contributed by atoms with Gasteiger partial charge in [0.05, 0.1) is 0 Å². The molecule has 0 N–H and O–H groups in total. The Morgan fingerprint density at radius 1 is 0.870 bits per heavy atom. The Labute approximate surface area is 141 Å². The minimum atomic E-state index is 0.0514. The van der Waals surface area contributed by atoms with E-state index in [0.29, 0.717) is 25.3 Å². The van der Waals surface area contributed by atoms with Crippen LogP contribution >= 0.6 is 11.8 Å². The van der Waals surface area contributed by atoms with Gasteiger partial charge in [-0.15, -0.1) is 0 Å². The normalized spacial score (nSPS) is 10.3. The molecule has 23 heavy (non-hydrogen) atoms. The van der Waals surface area contributed by atoms with Crippen LogP contribution in [0.4, 0.5) is 0 Å². The zero-order valence-corrected chi connectivity index (χ0v) is 14.1. The van der Waals surface area contributed by atoms with Gasteiger partial charge in [-0.3, -0.25) is 9.59 Å². The summed E-state index contributed by atoms with van der Waals surface area (Å²) in [6, 6.07) is 19.9. The highest BCUT2D eigenvalue weighted by Gasteiger charge is 2.14. The third-order valence-electron chi connectivity index (χ3n) is 3.41. The molecule has 0 spiro atoms. The molecule has 0 aliphatic heterocycles. The summed E-state index contributed by atoms with van der Waals surface area (Å²) >= 11 is 1.20. The first-order valence-electron chi connectivity index (χ1n) is 7.64. The predicted molar refractivity (Wildman–Crippen MR) is 94.9 cm³/mol. The average Bonchev–Trinajstić information content (AvgIpc) is 2.56. The third-order valence-corrected chi connectivity index (χ3v) is 4.22. The van der Waals surface area contributed by atoms with Crippen molar-refractivity contribution in [1.29, 1.82) is 0 Å². The Morgan fingerprint density at radius 3 is 1.78 bits per heavy atom. The van der Waals surface area contributed by atoms with Gasteiger partial charge in [0.2, 0.25) is 5.91 Å². The average molecular weight is 327 g/mol. The van der Waals surface area contributed by atoms with Crippen molar-refractivity contribution < 1.29 is 9.59 Å². The summed E-state index contributed by atoms with van der Waals surface area (Å²) in [5.74, 6) is 0.611. The Bertz CT molecular complexity index is 587. The van der Waals surface area contributed by atoms with Crippen LogP contribution in [0.1, 0.15) is 24.5 Å². The van der Waals surface area contributed by atoms with Crippen LogP contribution in [0.5, 0.6) is 0 Å². The van der Waals surface area contributed by atoms with Gasteiger partial charge in [-0.05, 0) is 11.1 Å². The van der Waals surface area contributed by atoms with Gasteiger partial charge in [-0.25, -0.2) is 0 Å². The van der Waals surface area contributed by atoms with Gasteiger partial charge in [0.25, 0.3) is 0 Å². The van der Waals surface area contributed by atoms with E-state index in [0.717, 1.165) is 11.1 Å². The number of thioether (sulfide) groups is 1. The number of hydrogen-bond acceptors (Lipinski definition) is 3. The molecular weight excluding hydrogens is 306 g/mol. The minimum Gasteiger partial charge on any atom is -0.334 e. The lowest BCUT2D eigenvalue weighted by Gasteiger charge is -2.23. The second kappa shape index (κ2) is 9.16. The van der Waals surface area contributed by atoms with E-state index in [9.17, 15) is 9.59 Å². The second-order valence-corrected chi connectivity index (χ2v) is 6.58. The van der Waals surface area contributed by atoms with Crippen molar-refractivity contribution in [2.45, 2.75) is 26.4 Å². The Hall–Kier alpha value is -2.07. The predicted octanol–water partition coefficient (Wildman–Crippen LogP) is 3.89. The molecule has 0 aromatic heterocycles. The molecule has 0 fully saturated rings. The molecule has 2 aromatic carbocycles. The van der Waals surface area contributed by atoms with Crippen LogP contribution < -0.4 is 0 Å². The summed E-state index contributed by atoms with van der Waals surface area (Å²) in [5, 5.41) is 0.0514. The smallest absolute Gasteiger partial charge is 0.224 e. The SMILES string of the molecule is CC(=O)SCCC(=O)N(Cc1ccccc1)Cc1ccccc1. The van der Waals surface area contributed by atoms with E-state index in [-0.39, 0.29) is 11.0 Å². The van der Waals surface area contributed by atoms with Crippen LogP contribution in [0.3, 0.4) is 0 Å². The van der Waals surface area contributed by atoms with Gasteiger partial charge in [0.1, 0.15) is 0 Å². The van der Waals surface area contributed by atoms with Gasteiger partial charge in [-0.1, -0.05) is 72.4 Å². The van der Waals surface area contributed by atoms with Crippen molar-refractivity contribution in [1.82, 2.24) is 4.90 Å². The Morgan fingerprint density at radius 2 is 1.35 bits per heavy atom. The monoisotopic (exact) mass is 327 g/mol. The van der Waals surface area contributed by atoms with E-state index in [1.807, 2.05) is 65.6 Å². The summed E-state index contributed by atoms with van der Waals surface area (Å²) < 4.78 is 0. The van der Waals surface area contributed by atoms with E-state index in [1.165, 1.54) is 18.7 Å². The van der Waals surface area contributed by atoms with Crippen LogP contribution in [0.2, 0.25) is 0 Å². The molecule has 2 aromatic rings. The first-order valence-corrected chi connectivity index (χ1v) is 8.62. The first kappa shape index (κ1) is 17.3. The van der Waals surface area contributed by atoms with Crippen LogP contribution in [-0.4, -0.2) is 21.7 Å². The molecule has 0 saturated heterocycles. The van der Waals surface area contributed by atoms with Crippen molar-refractivity contribution in [2.24, 2.45) is 0 Å². The van der Waals surface area contributed by atoms with Gasteiger partial charge in [0.15, 0.2) is 5.12 Å². The Balaban J connectivity index is 2.04. The second-order valence-electron chi connectivity index (χ2n) is 5.31. The fourth-order valence-corrected chi connectivity index (χ4v) is 2.84. The quantitative estimate of drug-likeness (QED) is 0.774. The molecule has 1 amide bonds. The van der Waals surface area contributed by atoms with E-state index in [1.54, 1.807) is 0 Å². The summed E-state index contributed by atoms with van der Waals surface area (Å²) in [6.45, 7) is 2.69. The molecule has 2 rings (SSSR count). The number of nitrogens with zero attached hydrogens (tertiary/aromatic N) is 1. The highest BCUT2D eigenvalue weighted by atomic mass is 32.2. The van der Waals surface area contributed by atoms with Gasteiger partial charge < -0.3 is 4.90 Å². The number of hydrogen-bond donors (Lipinski definition) is 0. The number of amides is 1. The van der Waals surface area contributed by atoms with E-state index >= 15 is 0 Å². The van der Waals surface area contributed by atoms with Crippen molar-refractivity contribution in [2.75, 3.05) is 5.75 Å². The summed E-state index contributed by atoms with van der Waals surface area (Å²) in [4.78, 5) is 25.4. The van der Waals surface area contributed by atoms with Gasteiger partial charge >= 0.3 is 0 Å². The summed E-state index contributed by atoms with van der Waals surface area (Å²) in [5.41, 5.74) is 2.21. The summed E-state index contributed by atoms with van der Waals surface area (Å²) in [7, 11) is 0. The van der Waals surface area contributed by atoms with Crippen molar-refractivity contribution in [3.63, 3.8) is 0 Å². The number of rotatable bonds is 7. The highest BCUT2D eigenvalue weighted by molar-refractivity contribution is 8.13. The standard InChI is InChI=1S/C19H21NO2S/c1-16(21)23-13-12-19(22)20(14-17-8-4-2-5-9-17)15-18-10-6-3-7-11-18/h2-11H,12-15H2,1H3. The van der Waals surface area contributed by atoms with Crippen LogP contribution in [0.15, 0.2) is 60.7 Å². The topological polar surface area (TPSA) is 37.4 Å². The van der Waals surface area contributed by atoms with E-state index in [4.69, 9.17) is 0 Å². The minimum absolute atomic E-state index is 0.0514. The first-order chi connectivity index (χ1) is 11.1. The Kier molecular flexibility index (Phi) is 6.88. The van der Waals surface area contributed by atoms with Crippen molar-refractivity contribution in [3.8, 4) is 0 Å². The molecule has 4 heteroatoms. The zero-order chi connectivity index (χ0) is 16.5. The molecule has 0 saturated carbocycles. The highest BCUT2D eigenvalue weighted by Crippen LogP contribution is 2.13. The van der Waals surface area contributed by atoms with Crippen LogP contribution in [0, 0.1) is 0 Å². The van der Waals surface area contributed by atoms with E-state index in [2.05, 4.69) is 0 Å². The molecule has 0 aliphatic rings. The zero-order valence-electron chi connectivity index (χ0n) is 13.3. The van der Waals surface area contributed by atoms with Crippen molar-refractivity contribution in [3.05, 3.63) is 71.8 Å². The number of carbonyl (C=O) groups is 2. The lowest BCUT2D eigenvalue weighted by molar-refractivity contribution is -0.132. The van der Waals surface area contributed by atoms with Crippen molar-refractivity contribution >= 4 is 22.8 Å². The fourth-order valence-electron chi connectivity index (χ4n) is 2.28. The van der Waals surface area contributed by atoms with Gasteiger partial charge in [-0.2, -0.15) is 0 Å². The molecule has 0 atom stereocenters. The maximum absolute atomic E-state index is 12.5. The maximum Gasteiger partial charge on any atom is 0.224 e. The number of benzene rings is 2. The molecule has 120 valence electrons. The summed E-state index contributed by atoms with van der Waals surface area (Å²) in [6.07, 6.45) is 0.379. The van der Waals surface area contributed by atoms with Crippen LogP contribution in [-0.2, 0) is 22.7 Å². The third kappa shape index (κ3) is 6.28. The largest absolute Gasteiger partial charge is 0.334 e. The van der Waals surface area contributed by atoms with Crippen LogP contribution in [0.25, 0.3) is 0 Å². The lowest BCUT2D eigenvalue weighted by Crippen LogP contribution is -2.30.